The fourth-order valence-corrected chi connectivity index (χ4v) is 4.55. The predicted molar refractivity (Wildman–Crippen MR) is 108 cm³/mol. The van der Waals surface area contributed by atoms with Crippen molar-refractivity contribution >= 4 is 34.7 Å². The number of allylic oxidation sites excluding steroid dienone is 2. The standard InChI is InChI=1S/C20H26N6/c21-8-4-15(12-22)16-13-24-19-18(16)17(5-10-23-19)26-11-3-7-20(14-26)6-1-2-9-25-20/h4-5,8,10,12-13,21-22,25H,1-3,6-7,9,11,14H2,(H,23,24)/b15-4+,21-8?,22-12?/t20-/m0/s1. The van der Waals surface area contributed by atoms with Crippen LogP contribution in [0.5, 0.6) is 0 Å². The average molecular weight is 350 g/mol. The first kappa shape index (κ1) is 17.0. The molecule has 0 aliphatic carbocycles. The fraction of sp³-hybridized carbons (Fsp3) is 0.450. The van der Waals surface area contributed by atoms with Crippen LogP contribution in [0.2, 0.25) is 0 Å². The van der Waals surface area contributed by atoms with Crippen LogP contribution < -0.4 is 10.2 Å². The summed E-state index contributed by atoms with van der Waals surface area (Å²) in [5.41, 5.74) is 3.92. The van der Waals surface area contributed by atoms with Crippen molar-refractivity contribution in [1.29, 1.82) is 10.8 Å². The molecule has 0 amide bonds. The van der Waals surface area contributed by atoms with Crippen molar-refractivity contribution in [2.75, 3.05) is 24.5 Å². The molecule has 2 aliphatic rings. The van der Waals surface area contributed by atoms with Gasteiger partial charge in [0.15, 0.2) is 0 Å². The highest BCUT2D eigenvalue weighted by Gasteiger charge is 2.36. The molecule has 2 aromatic rings. The molecule has 0 bridgehead atoms. The Bertz CT molecular complexity index is 838. The Kier molecular flexibility index (Phi) is 4.59. The van der Waals surface area contributed by atoms with Gasteiger partial charge >= 0.3 is 0 Å². The highest BCUT2D eigenvalue weighted by molar-refractivity contribution is 6.18. The molecule has 4 N–H and O–H groups in total. The van der Waals surface area contributed by atoms with E-state index in [2.05, 4.69) is 26.3 Å². The molecule has 0 aromatic carbocycles. The molecule has 2 aromatic heterocycles. The molecule has 26 heavy (non-hydrogen) atoms. The third kappa shape index (κ3) is 2.94. The SMILES string of the molecule is N=C/C=C(\C=N)c1c[nH]c2nccc(N3CCC[C@@]4(CCCCN4)C3)c12. The number of piperidine rings is 2. The highest BCUT2D eigenvalue weighted by atomic mass is 15.2. The first-order valence-electron chi connectivity index (χ1n) is 9.44. The molecule has 2 fully saturated rings. The number of hydrogen-bond acceptors (Lipinski definition) is 5. The number of aromatic nitrogens is 2. The van der Waals surface area contributed by atoms with Crippen LogP contribution in [0.15, 0.2) is 24.5 Å². The van der Waals surface area contributed by atoms with E-state index in [4.69, 9.17) is 10.8 Å². The first-order valence-corrected chi connectivity index (χ1v) is 9.44. The van der Waals surface area contributed by atoms with E-state index in [1.54, 1.807) is 6.08 Å². The van der Waals surface area contributed by atoms with Crippen LogP contribution in [-0.2, 0) is 0 Å². The monoisotopic (exact) mass is 350 g/mol. The summed E-state index contributed by atoms with van der Waals surface area (Å²) < 4.78 is 0. The lowest BCUT2D eigenvalue weighted by Gasteiger charge is -2.47. The average Bonchev–Trinajstić information content (AvgIpc) is 3.11. The lowest BCUT2D eigenvalue weighted by molar-refractivity contribution is 0.216. The predicted octanol–water partition coefficient (Wildman–Crippen LogP) is 3.36. The smallest absolute Gasteiger partial charge is 0.139 e. The summed E-state index contributed by atoms with van der Waals surface area (Å²) in [6.45, 7) is 3.18. The van der Waals surface area contributed by atoms with Crippen molar-refractivity contribution in [3.05, 3.63) is 30.1 Å². The number of pyridine rings is 1. The van der Waals surface area contributed by atoms with Crippen LogP contribution in [0.4, 0.5) is 5.69 Å². The van der Waals surface area contributed by atoms with Crippen molar-refractivity contribution in [1.82, 2.24) is 15.3 Å². The first-order chi connectivity index (χ1) is 12.8. The molecule has 2 aliphatic heterocycles. The molecule has 1 spiro atoms. The van der Waals surface area contributed by atoms with Crippen LogP contribution >= 0.6 is 0 Å². The quantitative estimate of drug-likeness (QED) is 0.637. The van der Waals surface area contributed by atoms with E-state index in [9.17, 15) is 0 Å². The molecule has 136 valence electrons. The Labute approximate surface area is 153 Å². The molecule has 6 heteroatoms. The number of H-pyrrole nitrogens is 1. The van der Waals surface area contributed by atoms with Gasteiger partial charge in [-0.1, -0.05) is 6.42 Å². The lowest BCUT2D eigenvalue weighted by atomic mass is 9.81. The molecule has 6 nitrogen and oxygen atoms in total. The molecular formula is C20H26N6. The van der Waals surface area contributed by atoms with Gasteiger partial charge in [0, 0.05) is 65.7 Å². The molecule has 4 heterocycles. The molecule has 0 unspecified atom stereocenters. The number of rotatable bonds is 4. The minimum absolute atomic E-state index is 0.234. The third-order valence-electron chi connectivity index (χ3n) is 5.78. The summed E-state index contributed by atoms with van der Waals surface area (Å²) in [5.74, 6) is 0. The van der Waals surface area contributed by atoms with E-state index in [-0.39, 0.29) is 5.54 Å². The highest BCUT2D eigenvalue weighted by Crippen LogP contribution is 2.36. The van der Waals surface area contributed by atoms with Crippen LogP contribution in [0, 0.1) is 10.8 Å². The van der Waals surface area contributed by atoms with Crippen molar-refractivity contribution in [3.8, 4) is 0 Å². The van der Waals surface area contributed by atoms with Gasteiger partial charge in [-0.15, -0.1) is 0 Å². The Morgan fingerprint density at radius 2 is 2.12 bits per heavy atom. The zero-order valence-corrected chi connectivity index (χ0v) is 15.0. The van der Waals surface area contributed by atoms with E-state index in [0.717, 1.165) is 41.8 Å². The fourth-order valence-electron chi connectivity index (χ4n) is 4.55. The molecule has 2 saturated heterocycles. The van der Waals surface area contributed by atoms with E-state index in [0.29, 0.717) is 0 Å². The Morgan fingerprint density at radius 3 is 2.88 bits per heavy atom. The minimum atomic E-state index is 0.234. The number of nitrogens with one attached hydrogen (secondary N) is 4. The van der Waals surface area contributed by atoms with Gasteiger partial charge in [0.1, 0.15) is 5.65 Å². The van der Waals surface area contributed by atoms with E-state index in [1.807, 2.05) is 12.4 Å². The van der Waals surface area contributed by atoms with Crippen molar-refractivity contribution in [2.45, 2.75) is 37.6 Å². The zero-order chi connectivity index (χ0) is 18.0. The number of fused-ring (bicyclic) bond motifs is 1. The number of aromatic amines is 1. The topological polar surface area (TPSA) is 91.6 Å². The molecular weight excluding hydrogens is 324 g/mol. The Balaban J connectivity index is 1.76. The second kappa shape index (κ2) is 7.03. The molecule has 0 radical (unpaired) electrons. The second-order valence-electron chi connectivity index (χ2n) is 7.38. The summed E-state index contributed by atoms with van der Waals surface area (Å²) in [7, 11) is 0. The number of hydrogen-bond donors (Lipinski definition) is 4. The van der Waals surface area contributed by atoms with Crippen LogP contribution in [-0.4, -0.2) is 47.6 Å². The van der Waals surface area contributed by atoms with Crippen LogP contribution in [0.25, 0.3) is 16.6 Å². The van der Waals surface area contributed by atoms with Gasteiger partial charge in [-0.05, 0) is 44.4 Å². The largest absolute Gasteiger partial charge is 0.369 e. The summed E-state index contributed by atoms with van der Waals surface area (Å²) in [6, 6.07) is 2.09. The zero-order valence-electron chi connectivity index (χ0n) is 15.0. The maximum atomic E-state index is 7.73. The maximum absolute atomic E-state index is 7.73. The van der Waals surface area contributed by atoms with Crippen molar-refractivity contribution in [3.63, 3.8) is 0 Å². The number of anilines is 1. The lowest BCUT2D eigenvalue weighted by Crippen LogP contribution is -2.59. The van der Waals surface area contributed by atoms with E-state index < -0.39 is 0 Å². The number of nitrogens with zero attached hydrogens (tertiary/aromatic N) is 2. The third-order valence-corrected chi connectivity index (χ3v) is 5.78. The summed E-state index contributed by atoms with van der Waals surface area (Å²) in [6.07, 6.45) is 14.2. The minimum Gasteiger partial charge on any atom is -0.369 e. The van der Waals surface area contributed by atoms with Gasteiger partial charge in [0.2, 0.25) is 0 Å². The van der Waals surface area contributed by atoms with Gasteiger partial charge in [-0.3, -0.25) is 0 Å². The Hall–Kier alpha value is -2.47. The van der Waals surface area contributed by atoms with Crippen LogP contribution in [0.1, 0.15) is 37.7 Å². The normalized spacial score (nSPS) is 24.2. The van der Waals surface area contributed by atoms with E-state index >= 15 is 0 Å². The van der Waals surface area contributed by atoms with Gasteiger partial charge < -0.3 is 26.0 Å². The van der Waals surface area contributed by atoms with Gasteiger partial charge in [0.05, 0.1) is 0 Å². The van der Waals surface area contributed by atoms with Gasteiger partial charge in [0.25, 0.3) is 0 Å². The molecule has 4 rings (SSSR count). The van der Waals surface area contributed by atoms with Crippen molar-refractivity contribution < 1.29 is 0 Å². The molecule has 0 saturated carbocycles. The summed E-state index contributed by atoms with van der Waals surface area (Å²) in [5, 5.41) is 20.0. The Morgan fingerprint density at radius 1 is 1.23 bits per heavy atom. The van der Waals surface area contributed by atoms with Gasteiger partial charge in [-0.25, -0.2) is 4.98 Å². The summed E-state index contributed by atoms with van der Waals surface area (Å²) in [4.78, 5) is 10.2. The van der Waals surface area contributed by atoms with Gasteiger partial charge in [-0.2, -0.15) is 0 Å². The summed E-state index contributed by atoms with van der Waals surface area (Å²) >= 11 is 0. The molecule has 1 atom stereocenters. The second-order valence-corrected chi connectivity index (χ2v) is 7.38. The maximum Gasteiger partial charge on any atom is 0.139 e. The van der Waals surface area contributed by atoms with Crippen molar-refractivity contribution in [2.24, 2.45) is 0 Å². The van der Waals surface area contributed by atoms with E-state index in [1.165, 1.54) is 50.2 Å². The van der Waals surface area contributed by atoms with Crippen LogP contribution in [0.3, 0.4) is 0 Å².